The number of carbonyl (C=O) groups excluding carboxylic acids is 1. The molecular weight excluding hydrogens is 297 g/mol. The molecule has 0 heterocycles. The number of alkyl halides is 1. The van der Waals surface area contributed by atoms with Gasteiger partial charge in [-0.15, -0.1) is 0 Å². The summed E-state index contributed by atoms with van der Waals surface area (Å²) in [5, 5.41) is 3.84. The zero-order chi connectivity index (χ0) is 13.4. The fourth-order valence-electron chi connectivity index (χ4n) is 1.74. The average molecular weight is 316 g/mol. The van der Waals surface area contributed by atoms with Crippen LogP contribution in [0.15, 0.2) is 18.2 Å². The number of benzene rings is 1. The third-order valence-electron chi connectivity index (χ3n) is 2.65. The van der Waals surface area contributed by atoms with Crippen molar-refractivity contribution >= 4 is 21.8 Å². The van der Waals surface area contributed by atoms with Crippen molar-refractivity contribution in [1.82, 2.24) is 5.32 Å². The Balaban J connectivity index is 2.32. The van der Waals surface area contributed by atoms with Crippen LogP contribution in [-0.4, -0.2) is 17.8 Å². The SMILES string of the molecule is Cc1cc(F)cc(C(=O)NCCCCCCBr)c1. The normalized spacial score (nSPS) is 10.4. The van der Waals surface area contributed by atoms with Crippen LogP contribution in [0.25, 0.3) is 0 Å². The minimum absolute atomic E-state index is 0.196. The van der Waals surface area contributed by atoms with Crippen LogP contribution in [0.4, 0.5) is 4.39 Å². The molecule has 1 aromatic rings. The molecule has 0 aliphatic rings. The van der Waals surface area contributed by atoms with E-state index < -0.39 is 0 Å². The maximum Gasteiger partial charge on any atom is 0.251 e. The number of nitrogens with one attached hydrogen (secondary N) is 1. The molecule has 1 aromatic carbocycles. The van der Waals surface area contributed by atoms with Gasteiger partial charge in [-0.2, -0.15) is 0 Å². The first-order chi connectivity index (χ1) is 8.63. The quantitative estimate of drug-likeness (QED) is 0.601. The minimum atomic E-state index is -0.363. The molecule has 1 N–H and O–H groups in total. The van der Waals surface area contributed by atoms with Crippen molar-refractivity contribution in [3.63, 3.8) is 0 Å². The summed E-state index contributed by atoms with van der Waals surface area (Å²) < 4.78 is 13.1. The lowest BCUT2D eigenvalue weighted by atomic mass is 10.1. The van der Waals surface area contributed by atoms with E-state index in [1.54, 1.807) is 13.0 Å². The Morgan fingerprint density at radius 2 is 1.94 bits per heavy atom. The number of aryl methyl sites for hydroxylation is 1. The summed E-state index contributed by atoms with van der Waals surface area (Å²) in [7, 11) is 0. The molecule has 0 radical (unpaired) electrons. The molecule has 0 saturated heterocycles. The van der Waals surface area contributed by atoms with Crippen molar-refractivity contribution in [1.29, 1.82) is 0 Å². The van der Waals surface area contributed by atoms with Crippen molar-refractivity contribution in [3.8, 4) is 0 Å². The van der Waals surface area contributed by atoms with Crippen LogP contribution in [0.5, 0.6) is 0 Å². The molecule has 1 amide bonds. The predicted molar refractivity (Wildman–Crippen MR) is 75.7 cm³/mol. The maximum atomic E-state index is 13.1. The molecule has 0 aliphatic carbocycles. The second-order valence-electron chi connectivity index (χ2n) is 4.38. The lowest BCUT2D eigenvalue weighted by molar-refractivity contribution is 0.0952. The Bertz CT molecular complexity index is 375. The number of unbranched alkanes of at least 4 members (excludes halogenated alkanes) is 3. The van der Waals surface area contributed by atoms with Gasteiger partial charge in [0.05, 0.1) is 0 Å². The second kappa shape index (κ2) is 8.25. The Labute approximate surface area is 116 Å². The largest absolute Gasteiger partial charge is 0.352 e. The summed E-state index contributed by atoms with van der Waals surface area (Å²) >= 11 is 3.38. The summed E-state index contributed by atoms with van der Waals surface area (Å²) in [6.45, 7) is 2.43. The van der Waals surface area contributed by atoms with E-state index in [9.17, 15) is 9.18 Å². The van der Waals surface area contributed by atoms with Crippen LogP contribution < -0.4 is 5.32 Å². The molecule has 18 heavy (non-hydrogen) atoms. The number of carbonyl (C=O) groups is 1. The topological polar surface area (TPSA) is 29.1 Å². The van der Waals surface area contributed by atoms with E-state index in [-0.39, 0.29) is 11.7 Å². The number of rotatable bonds is 7. The van der Waals surface area contributed by atoms with Crippen LogP contribution in [-0.2, 0) is 0 Å². The highest BCUT2D eigenvalue weighted by atomic mass is 79.9. The van der Waals surface area contributed by atoms with Gasteiger partial charge in [0.25, 0.3) is 5.91 Å². The van der Waals surface area contributed by atoms with E-state index in [1.807, 2.05) is 0 Å². The third-order valence-corrected chi connectivity index (χ3v) is 3.21. The molecule has 0 bridgehead atoms. The molecule has 4 heteroatoms. The summed E-state index contributed by atoms with van der Waals surface area (Å²) in [6, 6.07) is 4.38. The van der Waals surface area contributed by atoms with Gasteiger partial charge in [-0.05, 0) is 43.5 Å². The van der Waals surface area contributed by atoms with E-state index in [0.717, 1.165) is 30.2 Å². The Morgan fingerprint density at radius 1 is 1.22 bits per heavy atom. The Hall–Kier alpha value is -0.900. The van der Waals surface area contributed by atoms with Crippen molar-refractivity contribution < 1.29 is 9.18 Å². The first kappa shape index (κ1) is 15.2. The van der Waals surface area contributed by atoms with E-state index in [2.05, 4.69) is 21.2 Å². The number of hydrogen-bond acceptors (Lipinski definition) is 1. The van der Waals surface area contributed by atoms with Gasteiger partial charge in [-0.3, -0.25) is 4.79 Å². The minimum Gasteiger partial charge on any atom is -0.352 e. The highest BCUT2D eigenvalue weighted by molar-refractivity contribution is 9.09. The predicted octanol–water partition coefficient (Wildman–Crippen LogP) is 3.82. The monoisotopic (exact) mass is 315 g/mol. The van der Waals surface area contributed by atoms with Crippen molar-refractivity contribution in [2.24, 2.45) is 0 Å². The van der Waals surface area contributed by atoms with E-state index in [4.69, 9.17) is 0 Å². The molecule has 0 aromatic heterocycles. The van der Waals surface area contributed by atoms with Gasteiger partial charge in [0.1, 0.15) is 5.82 Å². The summed E-state index contributed by atoms with van der Waals surface area (Å²) in [4.78, 5) is 11.8. The van der Waals surface area contributed by atoms with Gasteiger partial charge < -0.3 is 5.32 Å². The third kappa shape index (κ3) is 5.63. The highest BCUT2D eigenvalue weighted by Gasteiger charge is 2.06. The summed E-state index contributed by atoms with van der Waals surface area (Å²) in [5.41, 5.74) is 1.16. The molecule has 100 valence electrons. The molecule has 1 rings (SSSR count). The zero-order valence-electron chi connectivity index (χ0n) is 10.6. The second-order valence-corrected chi connectivity index (χ2v) is 5.17. The molecule has 0 aliphatic heterocycles. The lowest BCUT2D eigenvalue weighted by Gasteiger charge is -2.06. The Morgan fingerprint density at radius 3 is 2.61 bits per heavy atom. The van der Waals surface area contributed by atoms with Crippen LogP contribution in [0.1, 0.15) is 41.6 Å². The van der Waals surface area contributed by atoms with Crippen LogP contribution in [0.2, 0.25) is 0 Å². The Kier molecular flexibility index (Phi) is 6.94. The maximum absolute atomic E-state index is 13.1. The molecule has 2 nitrogen and oxygen atoms in total. The molecule has 0 fully saturated rings. The lowest BCUT2D eigenvalue weighted by Crippen LogP contribution is -2.24. The van der Waals surface area contributed by atoms with Gasteiger partial charge in [0.15, 0.2) is 0 Å². The number of amides is 1. The van der Waals surface area contributed by atoms with Gasteiger partial charge in [-0.25, -0.2) is 4.39 Å². The standard InChI is InChI=1S/C14H19BrFNO/c1-11-8-12(10-13(16)9-11)14(18)17-7-5-3-2-4-6-15/h8-10H,2-7H2,1H3,(H,17,18). The molecular formula is C14H19BrFNO. The molecule has 0 atom stereocenters. The molecule has 0 saturated carbocycles. The van der Waals surface area contributed by atoms with Crippen LogP contribution in [0.3, 0.4) is 0 Å². The average Bonchev–Trinajstić information content (AvgIpc) is 2.32. The van der Waals surface area contributed by atoms with Gasteiger partial charge >= 0.3 is 0 Å². The smallest absolute Gasteiger partial charge is 0.251 e. The first-order valence-electron chi connectivity index (χ1n) is 6.25. The van der Waals surface area contributed by atoms with Gasteiger partial charge in [-0.1, -0.05) is 28.8 Å². The van der Waals surface area contributed by atoms with Crippen molar-refractivity contribution in [2.45, 2.75) is 32.6 Å². The van der Waals surface area contributed by atoms with Crippen molar-refractivity contribution in [2.75, 3.05) is 11.9 Å². The molecule has 0 unspecified atom stereocenters. The highest BCUT2D eigenvalue weighted by Crippen LogP contribution is 2.08. The first-order valence-corrected chi connectivity index (χ1v) is 7.37. The number of hydrogen-bond donors (Lipinski definition) is 1. The van der Waals surface area contributed by atoms with Gasteiger partial charge in [0, 0.05) is 17.4 Å². The van der Waals surface area contributed by atoms with E-state index >= 15 is 0 Å². The summed E-state index contributed by atoms with van der Waals surface area (Å²) in [6.07, 6.45) is 4.40. The van der Waals surface area contributed by atoms with Crippen LogP contribution >= 0.6 is 15.9 Å². The fourth-order valence-corrected chi connectivity index (χ4v) is 2.14. The van der Waals surface area contributed by atoms with E-state index in [0.29, 0.717) is 12.1 Å². The van der Waals surface area contributed by atoms with Gasteiger partial charge in [0.2, 0.25) is 0 Å². The van der Waals surface area contributed by atoms with E-state index in [1.165, 1.54) is 18.6 Å². The summed E-state index contributed by atoms with van der Waals surface area (Å²) in [5.74, 6) is -0.560. The zero-order valence-corrected chi connectivity index (χ0v) is 12.2. The molecule has 0 spiro atoms. The van der Waals surface area contributed by atoms with Crippen molar-refractivity contribution in [3.05, 3.63) is 35.1 Å². The number of halogens is 2. The van der Waals surface area contributed by atoms with Crippen LogP contribution in [0, 0.1) is 12.7 Å². The fraction of sp³-hybridized carbons (Fsp3) is 0.500.